The molecule has 0 aromatic carbocycles. The molecule has 8 heteroatoms. The molecule has 1 aliphatic heterocycles. The highest BCUT2D eigenvalue weighted by Crippen LogP contribution is 2.09. The van der Waals surface area contributed by atoms with Crippen molar-refractivity contribution in [3.8, 4) is 0 Å². The number of nitrogens with one attached hydrogen (secondary N) is 2. The van der Waals surface area contributed by atoms with Crippen molar-refractivity contribution < 1.29 is 14.4 Å². The molecule has 1 rings (SSSR count). The fraction of sp³-hybridized carbons (Fsp3) is 0.786. The van der Waals surface area contributed by atoms with E-state index in [4.69, 9.17) is 5.73 Å². The summed E-state index contributed by atoms with van der Waals surface area (Å²) in [6.45, 7) is 6.69. The summed E-state index contributed by atoms with van der Waals surface area (Å²) in [5.74, 6) is -0.457. The fourth-order valence-electron chi connectivity index (χ4n) is 2.19. The maximum absolute atomic E-state index is 11.7. The Morgan fingerprint density at radius 3 is 2.45 bits per heavy atom. The second kappa shape index (κ2) is 9.63. The Balaban J connectivity index is 0.00000441. The maximum Gasteiger partial charge on any atom is 0.239 e. The van der Waals surface area contributed by atoms with E-state index >= 15 is 0 Å². The van der Waals surface area contributed by atoms with E-state index in [2.05, 4.69) is 10.6 Å². The normalized spacial score (nSPS) is 17.0. The topological polar surface area (TPSA) is 105 Å². The molecule has 1 aliphatic rings. The molecule has 0 aromatic heterocycles. The van der Waals surface area contributed by atoms with Crippen LogP contribution in [0.2, 0.25) is 0 Å². The zero-order chi connectivity index (χ0) is 16.0. The van der Waals surface area contributed by atoms with Crippen LogP contribution in [0.25, 0.3) is 0 Å². The molecule has 0 aromatic rings. The summed E-state index contributed by atoms with van der Waals surface area (Å²) in [5, 5.41) is 5.28. The first kappa shape index (κ1) is 20.7. The number of carbonyl (C=O) groups excluding carboxylic acids is 3. The summed E-state index contributed by atoms with van der Waals surface area (Å²) in [5.41, 5.74) is 5.68. The zero-order valence-corrected chi connectivity index (χ0v) is 14.2. The molecular formula is C14H27ClN4O3. The molecule has 0 saturated carbocycles. The summed E-state index contributed by atoms with van der Waals surface area (Å²) in [7, 11) is 0. The lowest BCUT2D eigenvalue weighted by atomic mass is 10.1. The summed E-state index contributed by atoms with van der Waals surface area (Å²) in [6, 6.07) is -0.757. The van der Waals surface area contributed by atoms with Crippen molar-refractivity contribution in [2.45, 2.75) is 45.7 Å². The minimum Gasteiger partial charge on any atom is -0.350 e. The van der Waals surface area contributed by atoms with Crippen molar-refractivity contribution in [3.63, 3.8) is 0 Å². The molecule has 1 fully saturated rings. The maximum atomic E-state index is 11.7. The first-order valence-corrected chi connectivity index (χ1v) is 7.41. The van der Waals surface area contributed by atoms with Crippen molar-refractivity contribution in [1.82, 2.24) is 15.5 Å². The minimum atomic E-state index is -0.613. The van der Waals surface area contributed by atoms with Crippen LogP contribution in [0.3, 0.4) is 0 Å². The van der Waals surface area contributed by atoms with Gasteiger partial charge in [-0.25, -0.2) is 0 Å². The third-order valence-corrected chi connectivity index (χ3v) is 3.52. The number of hydrogen-bond acceptors (Lipinski definition) is 4. The van der Waals surface area contributed by atoms with Crippen molar-refractivity contribution in [2.24, 2.45) is 11.7 Å². The number of carbonyl (C=O) groups is 3. The second-order valence-electron chi connectivity index (χ2n) is 5.90. The largest absolute Gasteiger partial charge is 0.350 e. The van der Waals surface area contributed by atoms with Gasteiger partial charge >= 0.3 is 0 Å². The van der Waals surface area contributed by atoms with Crippen LogP contribution in [-0.4, -0.2) is 54.3 Å². The van der Waals surface area contributed by atoms with Crippen molar-refractivity contribution in [1.29, 1.82) is 0 Å². The van der Waals surface area contributed by atoms with Gasteiger partial charge in [0.1, 0.15) is 0 Å². The van der Waals surface area contributed by atoms with E-state index in [0.29, 0.717) is 13.0 Å². The number of nitrogens with two attached hydrogens (primary N) is 1. The molecule has 4 N–H and O–H groups in total. The molecule has 3 amide bonds. The average molecular weight is 335 g/mol. The van der Waals surface area contributed by atoms with Gasteiger partial charge < -0.3 is 21.3 Å². The number of hydrogen-bond donors (Lipinski definition) is 3. The van der Waals surface area contributed by atoms with Crippen LogP contribution in [0.5, 0.6) is 0 Å². The molecule has 22 heavy (non-hydrogen) atoms. The number of nitrogens with zero attached hydrogens (tertiary/aromatic N) is 1. The SMILES string of the molecule is CC(CN1CCCC1=O)NC(=O)CNC(=O)[C@@H](N)C(C)C.Cl. The smallest absolute Gasteiger partial charge is 0.239 e. The molecule has 0 radical (unpaired) electrons. The number of halogens is 1. The van der Waals surface area contributed by atoms with E-state index in [1.807, 2.05) is 20.8 Å². The molecule has 1 saturated heterocycles. The van der Waals surface area contributed by atoms with Gasteiger partial charge in [-0.1, -0.05) is 13.8 Å². The van der Waals surface area contributed by atoms with Gasteiger partial charge in [0.25, 0.3) is 0 Å². The first-order valence-electron chi connectivity index (χ1n) is 7.41. The van der Waals surface area contributed by atoms with Gasteiger partial charge in [0.05, 0.1) is 12.6 Å². The van der Waals surface area contributed by atoms with Gasteiger partial charge in [0.2, 0.25) is 17.7 Å². The zero-order valence-electron chi connectivity index (χ0n) is 13.4. The molecule has 0 bridgehead atoms. The van der Waals surface area contributed by atoms with Crippen LogP contribution < -0.4 is 16.4 Å². The van der Waals surface area contributed by atoms with Crippen molar-refractivity contribution >= 4 is 30.1 Å². The molecule has 0 aliphatic carbocycles. The van der Waals surface area contributed by atoms with Gasteiger partial charge in [-0.15, -0.1) is 12.4 Å². The summed E-state index contributed by atoms with van der Waals surface area (Å²) >= 11 is 0. The Hall–Kier alpha value is -1.34. The Morgan fingerprint density at radius 1 is 1.32 bits per heavy atom. The molecule has 7 nitrogen and oxygen atoms in total. The molecule has 128 valence electrons. The second-order valence-corrected chi connectivity index (χ2v) is 5.90. The molecular weight excluding hydrogens is 308 g/mol. The summed E-state index contributed by atoms with van der Waals surface area (Å²) in [4.78, 5) is 36.6. The van der Waals surface area contributed by atoms with E-state index in [1.165, 1.54) is 0 Å². The quantitative estimate of drug-likeness (QED) is 0.591. The highest BCUT2D eigenvalue weighted by molar-refractivity contribution is 5.87. The van der Waals surface area contributed by atoms with E-state index in [-0.39, 0.29) is 48.6 Å². The average Bonchev–Trinajstić information content (AvgIpc) is 2.80. The van der Waals surface area contributed by atoms with Crippen LogP contribution in [0.4, 0.5) is 0 Å². The Labute approximate surface area is 137 Å². The van der Waals surface area contributed by atoms with Crippen LogP contribution >= 0.6 is 12.4 Å². The Morgan fingerprint density at radius 2 is 1.95 bits per heavy atom. The fourth-order valence-corrected chi connectivity index (χ4v) is 2.19. The predicted octanol–water partition coefficient (Wildman–Crippen LogP) is -0.365. The van der Waals surface area contributed by atoms with E-state index in [0.717, 1.165) is 13.0 Å². The predicted molar refractivity (Wildman–Crippen MR) is 86.5 cm³/mol. The first-order chi connectivity index (χ1) is 9.81. The number of rotatable bonds is 7. The van der Waals surface area contributed by atoms with Crippen LogP contribution in [-0.2, 0) is 14.4 Å². The highest BCUT2D eigenvalue weighted by Gasteiger charge is 2.22. The van der Waals surface area contributed by atoms with Crippen molar-refractivity contribution in [3.05, 3.63) is 0 Å². The van der Waals surface area contributed by atoms with E-state index in [1.54, 1.807) is 4.90 Å². The summed E-state index contributed by atoms with van der Waals surface area (Å²) < 4.78 is 0. The Kier molecular flexibility index (Phi) is 9.04. The van der Waals surface area contributed by atoms with E-state index in [9.17, 15) is 14.4 Å². The summed E-state index contributed by atoms with van der Waals surface area (Å²) in [6.07, 6.45) is 1.46. The van der Waals surface area contributed by atoms with Crippen LogP contribution in [0, 0.1) is 5.92 Å². The third kappa shape index (κ3) is 6.62. The number of amides is 3. The third-order valence-electron chi connectivity index (χ3n) is 3.52. The van der Waals surface area contributed by atoms with Crippen LogP contribution in [0.1, 0.15) is 33.6 Å². The van der Waals surface area contributed by atoms with Gasteiger partial charge in [0.15, 0.2) is 0 Å². The number of likely N-dealkylation sites (tertiary alicyclic amines) is 1. The molecule has 0 spiro atoms. The van der Waals surface area contributed by atoms with Gasteiger partial charge in [-0.2, -0.15) is 0 Å². The molecule has 1 heterocycles. The Bertz CT molecular complexity index is 404. The van der Waals surface area contributed by atoms with Crippen molar-refractivity contribution in [2.75, 3.05) is 19.6 Å². The van der Waals surface area contributed by atoms with E-state index < -0.39 is 6.04 Å². The highest BCUT2D eigenvalue weighted by atomic mass is 35.5. The van der Waals surface area contributed by atoms with Gasteiger partial charge in [-0.3, -0.25) is 14.4 Å². The van der Waals surface area contributed by atoms with Gasteiger partial charge in [0, 0.05) is 25.6 Å². The van der Waals surface area contributed by atoms with Gasteiger partial charge in [-0.05, 0) is 19.3 Å². The lowest BCUT2D eigenvalue weighted by Crippen LogP contribution is -2.49. The van der Waals surface area contributed by atoms with Crippen LogP contribution in [0.15, 0.2) is 0 Å². The standard InChI is InChI=1S/C14H26N4O3.ClH/c1-9(2)13(15)14(21)16-7-11(19)17-10(3)8-18-6-4-5-12(18)20;/h9-10,13H,4-8,15H2,1-3H3,(H,16,21)(H,17,19);1H/t10?,13-;/m0./s1. The molecule has 2 atom stereocenters. The monoisotopic (exact) mass is 334 g/mol. The minimum absolute atomic E-state index is 0. The molecule has 1 unspecified atom stereocenters. The lowest BCUT2D eigenvalue weighted by Gasteiger charge is -2.22. The lowest BCUT2D eigenvalue weighted by molar-refractivity contribution is -0.129.